The minimum Gasteiger partial charge on any atom is -0.406 e. The number of hydrogen-bond donors (Lipinski definition) is 1. The van der Waals surface area contributed by atoms with Gasteiger partial charge in [0.2, 0.25) is 5.91 Å². The molecule has 1 aliphatic rings. The molecule has 0 aliphatic carbocycles. The fourth-order valence-electron chi connectivity index (χ4n) is 3.06. The van der Waals surface area contributed by atoms with E-state index in [1.807, 2.05) is 6.92 Å². The lowest BCUT2D eigenvalue weighted by atomic mass is 10.1. The van der Waals surface area contributed by atoms with E-state index >= 15 is 0 Å². The summed E-state index contributed by atoms with van der Waals surface area (Å²) >= 11 is 0. The van der Waals surface area contributed by atoms with Gasteiger partial charge in [-0.3, -0.25) is 9.52 Å². The summed E-state index contributed by atoms with van der Waals surface area (Å²) < 4.78 is 68.0. The number of piperidine rings is 1. The number of sulfonamides is 1. The van der Waals surface area contributed by atoms with Crippen LogP contribution in [-0.2, 0) is 14.8 Å². The van der Waals surface area contributed by atoms with Crippen molar-refractivity contribution in [3.8, 4) is 5.75 Å². The van der Waals surface area contributed by atoms with Crippen LogP contribution in [0.3, 0.4) is 0 Å². The number of aryl methyl sites for hydroxylation is 1. The van der Waals surface area contributed by atoms with Gasteiger partial charge in [0.15, 0.2) is 0 Å². The van der Waals surface area contributed by atoms with Crippen LogP contribution in [0.1, 0.15) is 24.8 Å². The molecule has 0 radical (unpaired) electrons. The summed E-state index contributed by atoms with van der Waals surface area (Å²) in [6.45, 7) is 2.39. The van der Waals surface area contributed by atoms with E-state index in [1.165, 1.54) is 0 Å². The molecule has 0 unspecified atom stereocenters. The fourth-order valence-corrected chi connectivity index (χ4v) is 4.11. The predicted octanol–water partition coefficient (Wildman–Crippen LogP) is 4.21. The first-order valence-electron chi connectivity index (χ1n) is 8.85. The smallest absolute Gasteiger partial charge is 0.406 e. The molecule has 1 aliphatic heterocycles. The molecule has 1 N–H and O–H groups in total. The molecule has 0 aromatic heterocycles. The van der Waals surface area contributed by atoms with Gasteiger partial charge >= 0.3 is 6.36 Å². The molecule has 3 rings (SSSR count). The largest absolute Gasteiger partial charge is 0.573 e. The second-order valence-electron chi connectivity index (χ2n) is 6.63. The van der Waals surface area contributed by atoms with E-state index in [4.69, 9.17) is 0 Å². The molecule has 0 atom stereocenters. The van der Waals surface area contributed by atoms with Crippen molar-refractivity contribution >= 4 is 27.3 Å². The number of halogens is 3. The van der Waals surface area contributed by atoms with E-state index in [2.05, 4.69) is 9.46 Å². The zero-order valence-corrected chi connectivity index (χ0v) is 16.3. The molecule has 0 spiro atoms. The van der Waals surface area contributed by atoms with Crippen molar-refractivity contribution in [3.63, 3.8) is 0 Å². The van der Waals surface area contributed by atoms with Gasteiger partial charge in [0.1, 0.15) is 5.75 Å². The van der Waals surface area contributed by atoms with Gasteiger partial charge < -0.3 is 9.64 Å². The molecule has 2 aromatic carbocycles. The standard InChI is InChI=1S/C19H19F3N2O4S/c1-13-5-6-14(12-17(13)24-11-3-2-4-18(24)25)23-29(26,27)16-9-7-15(8-10-16)28-19(20,21)22/h5-10,12,23H,2-4,11H2,1H3. The highest BCUT2D eigenvalue weighted by molar-refractivity contribution is 7.92. The Balaban J connectivity index is 1.81. The summed E-state index contributed by atoms with van der Waals surface area (Å²) in [5, 5.41) is 0. The Morgan fingerprint density at radius 2 is 1.76 bits per heavy atom. The Labute approximate surface area is 166 Å². The van der Waals surface area contributed by atoms with Crippen molar-refractivity contribution in [2.24, 2.45) is 0 Å². The maximum absolute atomic E-state index is 12.6. The monoisotopic (exact) mass is 428 g/mol. The molecular weight excluding hydrogens is 409 g/mol. The molecule has 0 saturated carbocycles. The molecule has 2 aromatic rings. The van der Waals surface area contributed by atoms with Gasteiger partial charge in [-0.05, 0) is 61.7 Å². The van der Waals surface area contributed by atoms with Gasteiger partial charge in [-0.25, -0.2) is 8.42 Å². The van der Waals surface area contributed by atoms with E-state index in [0.29, 0.717) is 18.7 Å². The highest BCUT2D eigenvalue weighted by Gasteiger charge is 2.31. The SMILES string of the molecule is Cc1ccc(NS(=O)(=O)c2ccc(OC(F)(F)F)cc2)cc1N1CCCCC1=O. The first-order valence-corrected chi connectivity index (χ1v) is 10.3. The lowest BCUT2D eigenvalue weighted by molar-refractivity contribution is -0.274. The van der Waals surface area contributed by atoms with Crippen molar-refractivity contribution in [3.05, 3.63) is 48.0 Å². The number of carbonyl (C=O) groups excluding carboxylic acids is 1. The number of anilines is 2. The number of nitrogens with one attached hydrogen (secondary N) is 1. The Hall–Kier alpha value is -2.75. The van der Waals surface area contributed by atoms with Crippen LogP contribution in [0.5, 0.6) is 5.75 Å². The molecule has 29 heavy (non-hydrogen) atoms. The van der Waals surface area contributed by atoms with Crippen LogP contribution in [0.2, 0.25) is 0 Å². The van der Waals surface area contributed by atoms with Gasteiger partial charge in [-0.15, -0.1) is 13.2 Å². The summed E-state index contributed by atoms with van der Waals surface area (Å²) in [4.78, 5) is 13.6. The van der Waals surface area contributed by atoms with Gasteiger partial charge in [0.25, 0.3) is 10.0 Å². The first kappa shape index (κ1) is 21.0. The van der Waals surface area contributed by atoms with Crippen molar-refractivity contribution in [1.82, 2.24) is 0 Å². The summed E-state index contributed by atoms with van der Waals surface area (Å²) in [7, 11) is -4.04. The normalized spacial score (nSPS) is 15.3. The lowest BCUT2D eigenvalue weighted by Crippen LogP contribution is -2.35. The van der Waals surface area contributed by atoms with Gasteiger partial charge in [0, 0.05) is 18.7 Å². The van der Waals surface area contributed by atoms with Gasteiger partial charge in [0.05, 0.1) is 10.6 Å². The molecule has 1 heterocycles. The topological polar surface area (TPSA) is 75.7 Å². The lowest BCUT2D eigenvalue weighted by Gasteiger charge is -2.28. The summed E-state index contributed by atoms with van der Waals surface area (Å²) in [6.07, 6.45) is -2.72. The van der Waals surface area contributed by atoms with Crippen LogP contribution in [-0.4, -0.2) is 27.2 Å². The van der Waals surface area contributed by atoms with Crippen LogP contribution in [0, 0.1) is 6.92 Å². The number of hydrogen-bond acceptors (Lipinski definition) is 4. The Bertz CT molecular complexity index is 1010. The number of nitrogens with zero attached hydrogens (tertiary/aromatic N) is 1. The van der Waals surface area contributed by atoms with Crippen molar-refractivity contribution in [2.45, 2.75) is 37.4 Å². The van der Waals surface area contributed by atoms with Crippen LogP contribution >= 0.6 is 0 Å². The Morgan fingerprint density at radius 1 is 1.07 bits per heavy atom. The molecule has 1 fully saturated rings. The number of benzene rings is 2. The number of rotatable bonds is 5. The number of carbonyl (C=O) groups is 1. The summed E-state index contributed by atoms with van der Waals surface area (Å²) in [6, 6.07) is 8.74. The van der Waals surface area contributed by atoms with Gasteiger partial charge in [-0.1, -0.05) is 6.07 Å². The zero-order chi connectivity index (χ0) is 21.2. The van der Waals surface area contributed by atoms with E-state index in [1.54, 1.807) is 23.1 Å². The highest BCUT2D eigenvalue weighted by Crippen LogP contribution is 2.29. The number of amides is 1. The molecule has 6 nitrogen and oxygen atoms in total. The zero-order valence-electron chi connectivity index (χ0n) is 15.5. The van der Waals surface area contributed by atoms with Crippen molar-refractivity contribution < 1.29 is 31.1 Å². The third-order valence-corrected chi connectivity index (χ3v) is 5.84. The first-order chi connectivity index (χ1) is 13.5. The molecule has 0 bridgehead atoms. The molecule has 156 valence electrons. The van der Waals surface area contributed by atoms with E-state index in [9.17, 15) is 26.4 Å². The Morgan fingerprint density at radius 3 is 2.38 bits per heavy atom. The summed E-state index contributed by atoms with van der Waals surface area (Å²) in [5.74, 6) is -0.530. The van der Waals surface area contributed by atoms with Crippen molar-refractivity contribution in [1.29, 1.82) is 0 Å². The molecular formula is C19H19F3N2O4S. The minimum absolute atomic E-state index is 0.0142. The quantitative estimate of drug-likeness (QED) is 0.774. The highest BCUT2D eigenvalue weighted by atomic mass is 32.2. The van der Waals surface area contributed by atoms with Crippen LogP contribution in [0.4, 0.5) is 24.5 Å². The maximum Gasteiger partial charge on any atom is 0.573 e. The van der Waals surface area contributed by atoms with Crippen LogP contribution in [0.15, 0.2) is 47.4 Å². The Kier molecular flexibility index (Phi) is 5.74. The predicted molar refractivity (Wildman–Crippen MR) is 101 cm³/mol. The van der Waals surface area contributed by atoms with E-state index < -0.39 is 22.1 Å². The number of alkyl halides is 3. The second kappa shape index (κ2) is 7.94. The second-order valence-corrected chi connectivity index (χ2v) is 8.31. The van der Waals surface area contributed by atoms with Crippen molar-refractivity contribution in [2.75, 3.05) is 16.2 Å². The average Bonchev–Trinajstić information content (AvgIpc) is 2.63. The minimum atomic E-state index is -4.86. The van der Waals surface area contributed by atoms with Crippen LogP contribution < -0.4 is 14.4 Å². The summed E-state index contributed by atoms with van der Waals surface area (Å²) in [5.41, 5.74) is 1.71. The van der Waals surface area contributed by atoms with Crippen LogP contribution in [0.25, 0.3) is 0 Å². The third kappa shape index (κ3) is 5.20. The number of ether oxygens (including phenoxy) is 1. The van der Waals surface area contributed by atoms with Gasteiger partial charge in [-0.2, -0.15) is 0 Å². The van der Waals surface area contributed by atoms with E-state index in [0.717, 1.165) is 42.7 Å². The maximum atomic E-state index is 12.6. The average molecular weight is 428 g/mol. The van der Waals surface area contributed by atoms with E-state index in [-0.39, 0.29) is 16.5 Å². The fraction of sp³-hybridized carbons (Fsp3) is 0.316. The molecule has 1 amide bonds. The molecule has 10 heteroatoms. The molecule has 1 saturated heterocycles. The third-order valence-electron chi connectivity index (χ3n) is 4.44.